The normalized spacial score (nSPS) is 11.6. The molecule has 0 aliphatic rings. The Morgan fingerprint density at radius 2 is 0.891 bits per heavy atom. The molecule has 0 aliphatic heterocycles. The summed E-state index contributed by atoms with van der Waals surface area (Å²) in [5.41, 5.74) is 13.3. The summed E-state index contributed by atoms with van der Waals surface area (Å²) in [7, 11) is 0. The fourth-order valence-electron chi connectivity index (χ4n) is 8.38. The van der Waals surface area contributed by atoms with Crippen molar-refractivity contribution in [1.29, 1.82) is 0 Å². The Kier molecular flexibility index (Phi) is 7.17. The van der Waals surface area contributed by atoms with Crippen molar-refractivity contribution >= 4 is 71.6 Å². The van der Waals surface area contributed by atoms with Crippen molar-refractivity contribution in [3.63, 3.8) is 0 Å². The van der Waals surface area contributed by atoms with Gasteiger partial charge in [-0.15, -0.1) is 0 Å². The van der Waals surface area contributed by atoms with Crippen molar-refractivity contribution < 1.29 is 4.42 Å². The highest BCUT2D eigenvalue weighted by molar-refractivity contribution is 6.12. The monoisotopic (exact) mass is 702 g/mol. The SMILES string of the molecule is c1ccc2cc(-c3ccc(N(c4ccc(-c5cccc6oc7ccccc7c56)cc4)c4ccc(-n5c6ccccc6c6ccccc65)cc4)cc3)ccc2c1. The third-order valence-electron chi connectivity index (χ3n) is 11.0. The third kappa shape index (κ3) is 5.20. The van der Waals surface area contributed by atoms with Gasteiger partial charge >= 0.3 is 0 Å². The van der Waals surface area contributed by atoms with E-state index in [-0.39, 0.29) is 0 Å². The van der Waals surface area contributed by atoms with Gasteiger partial charge in [-0.05, 0) is 112 Å². The minimum absolute atomic E-state index is 0.902. The Bertz CT molecular complexity index is 3130. The highest BCUT2D eigenvalue weighted by atomic mass is 16.3. The molecule has 258 valence electrons. The van der Waals surface area contributed by atoms with Gasteiger partial charge in [-0.3, -0.25) is 0 Å². The second-order valence-corrected chi connectivity index (χ2v) is 14.2. The fraction of sp³-hybridized carbons (Fsp3) is 0. The van der Waals surface area contributed by atoms with E-state index in [9.17, 15) is 0 Å². The number of nitrogens with zero attached hydrogens (tertiary/aromatic N) is 2. The predicted octanol–water partition coefficient (Wildman–Crippen LogP) is 14.6. The van der Waals surface area contributed by atoms with E-state index in [1.807, 2.05) is 12.1 Å². The van der Waals surface area contributed by atoms with E-state index in [1.165, 1.54) is 43.7 Å². The van der Waals surface area contributed by atoms with Crippen LogP contribution < -0.4 is 4.90 Å². The van der Waals surface area contributed by atoms with Gasteiger partial charge in [-0.25, -0.2) is 0 Å². The summed E-state index contributed by atoms with van der Waals surface area (Å²) >= 11 is 0. The van der Waals surface area contributed by atoms with Crippen molar-refractivity contribution in [1.82, 2.24) is 4.57 Å². The van der Waals surface area contributed by atoms with Crippen molar-refractivity contribution in [3.05, 3.63) is 206 Å². The molecule has 3 nitrogen and oxygen atoms in total. The zero-order valence-electron chi connectivity index (χ0n) is 29.9. The molecule has 0 unspecified atom stereocenters. The van der Waals surface area contributed by atoms with Crippen LogP contribution in [0.5, 0.6) is 0 Å². The first-order valence-electron chi connectivity index (χ1n) is 18.8. The number of benzene rings is 9. The average molecular weight is 703 g/mol. The van der Waals surface area contributed by atoms with E-state index < -0.39 is 0 Å². The molecule has 0 bridgehead atoms. The van der Waals surface area contributed by atoms with Crippen molar-refractivity contribution in [2.24, 2.45) is 0 Å². The van der Waals surface area contributed by atoms with Gasteiger partial charge in [0.15, 0.2) is 0 Å². The molecular formula is C52H34N2O. The second kappa shape index (κ2) is 12.6. The van der Waals surface area contributed by atoms with Crippen molar-refractivity contribution in [2.75, 3.05) is 4.90 Å². The third-order valence-corrected chi connectivity index (χ3v) is 11.0. The number of furan rings is 1. The number of rotatable bonds is 6. The lowest BCUT2D eigenvalue weighted by Gasteiger charge is -2.26. The maximum Gasteiger partial charge on any atom is 0.136 e. The maximum absolute atomic E-state index is 6.23. The van der Waals surface area contributed by atoms with Gasteiger partial charge in [0.1, 0.15) is 11.2 Å². The highest BCUT2D eigenvalue weighted by Crippen LogP contribution is 2.41. The molecular weight excluding hydrogens is 669 g/mol. The van der Waals surface area contributed by atoms with Gasteiger partial charge in [0, 0.05) is 44.3 Å². The van der Waals surface area contributed by atoms with Crippen molar-refractivity contribution in [3.8, 4) is 27.9 Å². The van der Waals surface area contributed by atoms with Gasteiger partial charge in [0.05, 0.1) is 11.0 Å². The van der Waals surface area contributed by atoms with Crippen molar-refractivity contribution in [2.45, 2.75) is 0 Å². The Labute approximate surface area is 318 Å². The Hall–Kier alpha value is -7.36. The van der Waals surface area contributed by atoms with E-state index in [2.05, 4.69) is 204 Å². The first kappa shape index (κ1) is 31.2. The van der Waals surface area contributed by atoms with E-state index in [0.717, 1.165) is 55.8 Å². The molecule has 2 aromatic heterocycles. The Morgan fingerprint density at radius 1 is 0.364 bits per heavy atom. The summed E-state index contributed by atoms with van der Waals surface area (Å²) in [4.78, 5) is 2.34. The summed E-state index contributed by atoms with van der Waals surface area (Å²) in [6, 6.07) is 74.0. The van der Waals surface area contributed by atoms with E-state index in [4.69, 9.17) is 4.42 Å². The van der Waals surface area contributed by atoms with Crippen LogP contribution in [-0.4, -0.2) is 4.57 Å². The lowest BCUT2D eigenvalue weighted by Crippen LogP contribution is -2.10. The summed E-state index contributed by atoms with van der Waals surface area (Å²) in [6.07, 6.45) is 0. The van der Waals surface area contributed by atoms with Gasteiger partial charge in [-0.2, -0.15) is 0 Å². The zero-order chi connectivity index (χ0) is 36.3. The molecule has 0 fully saturated rings. The van der Waals surface area contributed by atoms with Crippen LogP contribution in [0.3, 0.4) is 0 Å². The number of anilines is 3. The van der Waals surface area contributed by atoms with Crippen LogP contribution in [0.2, 0.25) is 0 Å². The first-order valence-corrected chi connectivity index (χ1v) is 18.8. The Morgan fingerprint density at radius 3 is 1.58 bits per heavy atom. The predicted molar refractivity (Wildman–Crippen MR) is 231 cm³/mol. The summed E-state index contributed by atoms with van der Waals surface area (Å²) in [5, 5.41) is 7.29. The van der Waals surface area contributed by atoms with Crippen LogP contribution >= 0.6 is 0 Å². The fourth-order valence-corrected chi connectivity index (χ4v) is 8.38. The summed E-state index contributed by atoms with van der Waals surface area (Å²) < 4.78 is 8.60. The smallest absolute Gasteiger partial charge is 0.136 e. The number of aromatic nitrogens is 1. The molecule has 3 heteroatoms. The first-order chi connectivity index (χ1) is 27.3. The minimum atomic E-state index is 0.902. The average Bonchev–Trinajstić information content (AvgIpc) is 3.81. The number of hydrogen-bond acceptors (Lipinski definition) is 2. The van der Waals surface area contributed by atoms with Crippen LogP contribution in [0.25, 0.3) is 82.5 Å². The minimum Gasteiger partial charge on any atom is -0.456 e. The van der Waals surface area contributed by atoms with Crippen LogP contribution in [0.1, 0.15) is 0 Å². The molecule has 11 aromatic rings. The molecule has 0 amide bonds. The molecule has 0 saturated heterocycles. The molecule has 11 rings (SSSR count). The number of hydrogen-bond donors (Lipinski definition) is 0. The molecule has 0 saturated carbocycles. The number of para-hydroxylation sites is 3. The van der Waals surface area contributed by atoms with Crippen LogP contribution in [-0.2, 0) is 0 Å². The molecule has 9 aromatic carbocycles. The maximum atomic E-state index is 6.23. The molecule has 55 heavy (non-hydrogen) atoms. The van der Waals surface area contributed by atoms with Gasteiger partial charge in [0.2, 0.25) is 0 Å². The number of fused-ring (bicyclic) bond motifs is 7. The molecule has 0 atom stereocenters. The van der Waals surface area contributed by atoms with E-state index in [0.29, 0.717) is 0 Å². The lowest BCUT2D eigenvalue weighted by atomic mass is 9.99. The van der Waals surface area contributed by atoms with Gasteiger partial charge < -0.3 is 13.9 Å². The van der Waals surface area contributed by atoms with E-state index >= 15 is 0 Å². The molecule has 0 spiro atoms. The van der Waals surface area contributed by atoms with Gasteiger partial charge in [-0.1, -0.05) is 127 Å². The molecule has 0 radical (unpaired) electrons. The molecule has 0 aliphatic carbocycles. The standard InChI is InChI=1S/C52H34N2O/c1-2-11-38-34-39(21-20-35(38)10-1)36-22-26-40(27-23-36)53(41-28-24-37(25-29-41)44-15-9-19-51-52(44)47-14-5-8-18-50(47)55-51)42-30-32-43(33-31-42)54-48-16-6-3-12-45(48)46-13-4-7-17-49(46)54/h1-34H. The topological polar surface area (TPSA) is 21.3 Å². The van der Waals surface area contributed by atoms with Gasteiger partial charge in [0.25, 0.3) is 0 Å². The molecule has 2 heterocycles. The highest BCUT2D eigenvalue weighted by Gasteiger charge is 2.17. The second-order valence-electron chi connectivity index (χ2n) is 14.2. The summed E-state index contributed by atoms with van der Waals surface area (Å²) in [6.45, 7) is 0. The lowest BCUT2D eigenvalue weighted by molar-refractivity contribution is 0.669. The quantitative estimate of drug-likeness (QED) is 0.172. The Balaban J connectivity index is 1.02. The largest absolute Gasteiger partial charge is 0.456 e. The van der Waals surface area contributed by atoms with Crippen LogP contribution in [0.4, 0.5) is 17.1 Å². The summed E-state index contributed by atoms with van der Waals surface area (Å²) in [5.74, 6) is 0. The van der Waals surface area contributed by atoms with E-state index in [1.54, 1.807) is 0 Å². The van der Waals surface area contributed by atoms with Crippen LogP contribution in [0.15, 0.2) is 211 Å². The zero-order valence-corrected chi connectivity index (χ0v) is 29.9. The molecule has 0 N–H and O–H groups in total. The van der Waals surface area contributed by atoms with Crippen LogP contribution in [0, 0.1) is 0 Å².